The third-order valence-corrected chi connectivity index (χ3v) is 2.33. The Morgan fingerprint density at radius 2 is 1.46 bits per heavy atom. The van der Waals surface area contributed by atoms with Gasteiger partial charge in [-0.05, 0) is 41.3 Å². The number of benzene rings is 1. The van der Waals surface area contributed by atoms with Crippen molar-refractivity contribution in [1.82, 2.24) is 4.84 Å². The van der Waals surface area contributed by atoms with Gasteiger partial charge in [-0.1, -0.05) is 32.0 Å². The van der Waals surface area contributed by atoms with Gasteiger partial charge in [0.1, 0.15) is 0 Å². The predicted octanol–water partition coefficient (Wildman–Crippen LogP) is 3.05. The van der Waals surface area contributed by atoms with Crippen molar-refractivity contribution < 1.29 is 0 Å². The van der Waals surface area contributed by atoms with Crippen LogP contribution in [0.4, 0.5) is 0 Å². The minimum atomic E-state index is 0.738. The number of halogens is 1. The van der Waals surface area contributed by atoms with Crippen molar-refractivity contribution in [2.24, 2.45) is 0 Å². The molecule has 72 valence electrons. The molecule has 0 aliphatic rings. The molecule has 0 saturated carbocycles. The average molecular weight is 198 g/mol. The van der Waals surface area contributed by atoms with Crippen molar-refractivity contribution in [2.45, 2.75) is 33.2 Å². The lowest BCUT2D eigenvalue weighted by Gasteiger charge is -2.06. The summed E-state index contributed by atoms with van der Waals surface area (Å²) in [5.41, 5.74) is 4.05. The van der Waals surface area contributed by atoms with E-state index in [-0.39, 0.29) is 0 Å². The van der Waals surface area contributed by atoms with E-state index in [4.69, 9.17) is 11.8 Å². The largest absolute Gasteiger partial charge is 0.229 e. The highest BCUT2D eigenvalue weighted by Gasteiger charge is 1.98. The van der Waals surface area contributed by atoms with E-state index >= 15 is 0 Å². The summed E-state index contributed by atoms with van der Waals surface area (Å²) in [5.74, 6) is 0. The van der Waals surface area contributed by atoms with Crippen LogP contribution in [0.3, 0.4) is 0 Å². The third-order valence-electron chi connectivity index (χ3n) is 2.20. The smallest absolute Gasteiger partial charge is 0.0359 e. The van der Waals surface area contributed by atoms with Crippen molar-refractivity contribution in [2.75, 3.05) is 0 Å². The quantitative estimate of drug-likeness (QED) is 0.732. The first-order valence-electron chi connectivity index (χ1n) is 4.75. The fraction of sp³-hybridized carbons (Fsp3) is 0.455. The Morgan fingerprint density at radius 1 is 1.00 bits per heavy atom. The molecule has 0 bridgehead atoms. The molecule has 0 saturated heterocycles. The van der Waals surface area contributed by atoms with Crippen LogP contribution in [0.1, 0.15) is 30.5 Å². The van der Waals surface area contributed by atoms with Gasteiger partial charge in [0.25, 0.3) is 0 Å². The molecule has 1 rings (SSSR count). The van der Waals surface area contributed by atoms with Gasteiger partial charge in [-0.25, -0.2) is 4.84 Å². The van der Waals surface area contributed by atoms with Crippen molar-refractivity contribution in [3.63, 3.8) is 0 Å². The summed E-state index contributed by atoms with van der Waals surface area (Å²) in [6.45, 7) is 5.09. The summed E-state index contributed by atoms with van der Waals surface area (Å²) < 4.78 is 0. The molecule has 0 radical (unpaired) electrons. The maximum absolute atomic E-state index is 5.48. The lowest BCUT2D eigenvalue weighted by Crippen LogP contribution is -2.00. The first-order chi connectivity index (χ1) is 6.30. The van der Waals surface area contributed by atoms with Crippen LogP contribution < -0.4 is 4.84 Å². The first-order valence-corrected chi connectivity index (χ1v) is 5.13. The number of rotatable bonds is 4. The van der Waals surface area contributed by atoms with Crippen LogP contribution in [0.2, 0.25) is 0 Å². The molecule has 0 heterocycles. The van der Waals surface area contributed by atoms with Crippen LogP contribution in [0.25, 0.3) is 0 Å². The van der Waals surface area contributed by atoms with E-state index < -0.39 is 0 Å². The second-order valence-corrected chi connectivity index (χ2v) is 3.44. The van der Waals surface area contributed by atoms with Gasteiger partial charge < -0.3 is 0 Å². The van der Waals surface area contributed by atoms with Crippen LogP contribution >= 0.6 is 11.8 Å². The van der Waals surface area contributed by atoms with Gasteiger partial charge in [-0.2, -0.15) is 0 Å². The van der Waals surface area contributed by atoms with Crippen LogP contribution in [0.5, 0.6) is 0 Å². The SMILES string of the molecule is CCc1cc(CC)cc(CNCl)c1. The molecule has 1 nitrogen and oxygen atoms in total. The van der Waals surface area contributed by atoms with Crippen molar-refractivity contribution in [3.05, 3.63) is 34.9 Å². The van der Waals surface area contributed by atoms with Crippen LogP contribution in [-0.2, 0) is 19.4 Å². The van der Waals surface area contributed by atoms with Crippen LogP contribution in [0.15, 0.2) is 18.2 Å². The summed E-state index contributed by atoms with van der Waals surface area (Å²) in [6, 6.07) is 6.67. The summed E-state index contributed by atoms with van der Waals surface area (Å²) in [4.78, 5) is 2.66. The van der Waals surface area contributed by atoms with Crippen molar-refractivity contribution >= 4 is 11.8 Å². The van der Waals surface area contributed by atoms with E-state index in [0.29, 0.717) is 0 Å². The molecule has 0 aliphatic carbocycles. The summed E-state index contributed by atoms with van der Waals surface area (Å²) in [7, 11) is 0. The molecule has 0 fully saturated rings. The predicted molar refractivity (Wildman–Crippen MR) is 57.9 cm³/mol. The van der Waals surface area contributed by atoms with E-state index in [1.165, 1.54) is 16.7 Å². The van der Waals surface area contributed by atoms with Gasteiger partial charge in [0.2, 0.25) is 0 Å². The second-order valence-electron chi connectivity index (χ2n) is 3.18. The summed E-state index contributed by atoms with van der Waals surface area (Å²) >= 11 is 5.48. The minimum Gasteiger partial charge on any atom is -0.229 e. The zero-order valence-electron chi connectivity index (χ0n) is 8.23. The number of hydrogen-bond acceptors (Lipinski definition) is 1. The van der Waals surface area contributed by atoms with Gasteiger partial charge in [0.05, 0.1) is 0 Å². The third kappa shape index (κ3) is 3.02. The number of nitrogens with one attached hydrogen (secondary N) is 1. The normalized spacial score (nSPS) is 10.4. The van der Waals surface area contributed by atoms with E-state index in [2.05, 4.69) is 36.9 Å². The molecule has 1 N–H and O–H groups in total. The molecule has 1 aromatic rings. The Labute approximate surface area is 85.2 Å². The van der Waals surface area contributed by atoms with E-state index in [1.54, 1.807) is 0 Å². The van der Waals surface area contributed by atoms with Gasteiger partial charge in [-0.3, -0.25) is 0 Å². The maximum atomic E-state index is 5.48. The van der Waals surface area contributed by atoms with Gasteiger partial charge >= 0.3 is 0 Å². The van der Waals surface area contributed by atoms with Crippen molar-refractivity contribution in [1.29, 1.82) is 0 Å². The van der Waals surface area contributed by atoms with Crippen molar-refractivity contribution in [3.8, 4) is 0 Å². The Balaban J connectivity index is 2.93. The molecule has 13 heavy (non-hydrogen) atoms. The van der Waals surface area contributed by atoms with Gasteiger partial charge in [0, 0.05) is 6.54 Å². The molecule has 0 spiro atoms. The second kappa shape index (κ2) is 5.25. The Bertz CT molecular complexity index is 249. The van der Waals surface area contributed by atoms with E-state index in [1.807, 2.05) is 0 Å². The van der Waals surface area contributed by atoms with E-state index in [9.17, 15) is 0 Å². The highest BCUT2D eigenvalue weighted by molar-refractivity contribution is 6.13. The number of aryl methyl sites for hydroxylation is 2. The number of hydrogen-bond donors (Lipinski definition) is 1. The lowest BCUT2D eigenvalue weighted by atomic mass is 10.0. The van der Waals surface area contributed by atoms with Gasteiger partial charge in [-0.15, -0.1) is 0 Å². The van der Waals surface area contributed by atoms with Crippen LogP contribution in [0, 0.1) is 0 Å². The zero-order valence-corrected chi connectivity index (χ0v) is 8.99. The molecular weight excluding hydrogens is 182 g/mol. The standard InChI is InChI=1S/C11H16ClN/c1-3-9-5-10(4-2)7-11(6-9)8-13-12/h5-7,13H,3-4,8H2,1-2H3. The fourth-order valence-corrected chi connectivity index (χ4v) is 1.58. The average Bonchev–Trinajstić information content (AvgIpc) is 2.17. The maximum Gasteiger partial charge on any atom is 0.0359 e. The molecule has 0 aliphatic heterocycles. The molecular formula is C11H16ClN. The topological polar surface area (TPSA) is 12.0 Å². The van der Waals surface area contributed by atoms with E-state index in [0.717, 1.165) is 19.4 Å². The highest BCUT2D eigenvalue weighted by atomic mass is 35.5. The molecule has 0 amide bonds. The molecule has 1 aromatic carbocycles. The molecule has 0 unspecified atom stereocenters. The molecule has 0 aromatic heterocycles. The Morgan fingerprint density at radius 3 is 1.85 bits per heavy atom. The Kier molecular flexibility index (Phi) is 4.26. The highest BCUT2D eigenvalue weighted by Crippen LogP contribution is 2.11. The Hall–Kier alpha value is -0.530. The zero-order chi connectivity index (χ0) is 9.68. The van der Waals surface area contributed by atoms with Crippen LogP contribution in [-0.4, -0.2) is 0 Å². The fourth-order valence-electron chi connectivity index (χ4n) is 1.43. The molecule has 0 atom stereocenters. The summed E-state index contributed by atoms with van der Waals surface area (Å²) in [5, 5.41) is 0. The molecule has 2 heteroatoms. The monoisotopic (exact) mass is 197 g/mol. The van der Waals surface area contributed by atoms with Gasteiger partial charge in [0.15, 0.2) is 0 Å². The first kappa shape index (κ1) is 10.6. The summed E-state index contributed by atoms with van der Waals surface area (Å²) in [6.07, 6.45) is 2.17. The lowest BCUT2D eigenvalue weighted by molar-refractivity contribution is 0.946. The minimum absolute atomic E-state index is 0.738.